The number of unbranched alkanes of at least 4 members (excludes halogenated alkanes) is 1. The first-order valence-corrected chi connectivity index (χ1v) is 12.6. The molecule has 1 N–H and O–H groups in total. The summed E-state index contributed by atoms with van der Waals surface area (Å²) in [5.41, 5.74) is 0.941. The van der Waals surface area contributed by atoms with Crippen LogP contribution >= 0.6 is 0 Å². The van der Waals surface area contributed by atoms with Gasteiger partial charge < -0.3 is 14.8 Å². The molecule has 3 rings (SSSR count). The molecule has 1 aliphatic rings. The summed E-state index contributed by atoms with van der Waals surface area (Å²) < 4.78 is 37.5. The van der Waals surface area contributed by atoms with Crippen molar-refractivity contribution < 1.29 is 27.5 Å². The standard InChI is InChI=1S/C24H30N2O6S/c1-2-3-17-31-24(28)19-7-9-20(10-8-19)25-23(27)18-32-21-11-13-22(14-12-21)33(29,30)26-15-5-4-6-16-26/h7-14H,2-6,15-18H2,1H3,(H,25,27). The minimum Gasteiger partial charge on any atom is -0.484 e. The van der Waals surface area contributed by atoms with Gasteiger partial charge in [-0.1, -0.05) is 19.8 Å². The number of nitrogens with zero attached hydrogens (tertiary/aromatic N) is 1. The van der Waals surface area contributed by atoms with Gasteiger partial charge in [-0.05, 0) is 67.8 Å². The van der Waals surface area contributed by atoms with Crippen molar-refractivity contribution >= 4 is 27.6 Å². The van der Waals surface area contributed by atoms with Gasteiger partial charge in [0, 0.05) is 18.8 Å². The fraction of sp³-hybridized carbons (Fsp3) is 0.417. The van der Waals surface area contributed by atoms with Crippen LogP contribution in [0.15, 0.2) is 53.4 Å². The first-order valence-electron chi connectivity index (χ1n) is 11.2. The summed E-state index contributed by atoms with van der Waals surface area (Å²) in [6.45, 7) is 3.25. The van der Waals surface area contributed by atoms with E-state index >= 15 is 0 Å². The molecule has 1 heterocycles. The summed E-state index contributed by atoms with van der Waals surface area (Å²) in [4.78, 5) is 24.3. The number of piperidine rings is 1. The van der Waals surface area contributed by atoms with Gasteiger partial charge in [-0.15, -0.1) is 0 Å². The quantitative estimate of drug-likeness (QED) is 0.415. The summed E-state index contributed by atoms with van der Waals surface area (Å²) in [7, 11) is -3.50. The fourth-order valence-corrected chi connectivity index (χ4v) is 4.91. The number of anilines is 1. The normalized spacial score (nSPS) is 14.5. The van der Waals surface area contributed by atoms with Crippen LogP contribution in [0.5, 0.6) is 5.75 Å². The van der Waals surface area contributed by atoms with Crippen molar-refractivity contribution in [1.82, 2.24) is 4.31 Å². The number of sulfonamides is 1. The lowest BCUT2D eigenvalue weighted by Gasteiger charge is -2.25. The van der Waals surface area contributed by atoms with Crippen LogP contribution in [-0.4, -0.2) is 50.9 Å². The number of benzene rings is 2. The Morgan fingerprint density at radius 3 is 2.27 bits per heavy atom. The van der Waals surface area contributed by atoms with E-state index < -0.39 is 16.0 Å². The molecule has 0 spiro atoms. The lowest BCUT2D eigenvalue weighted by molar-refractivity contribution is -0.118. The Hall–Kier alpha value is -2.91. The van der Waals surface area contributed by atoms with Crippen LogP contribution < -0.4 is 10.1 Å². The number of carbonyl (C=O) groups is 2. The van der Waals surface area contributed by atoms with Crippen LogP contribution in [0, 0.1) is 0 Å². The molecule has 1 aliphatic heterocycles. The van der Waals surface area contributed by atoms with E-state index in [1.54, 1.807) is 36.4 Å². The Balaban J connectivity index is 1.48. The Labute approximate surface area is 194 Å². The van der Waals surface area contributed by atoms with Crippen LogP contribution in [0.3, 0.4) is 0 Å². The first-order chi connectivity index (χ1) is 15.9. The van der Waals surface area contributed by atoms with Gasteiger partial charge in [-0.3, -0.25) is 4.79 Å². The molecule has 0 bridgehead atoms. The SMILES string of the molecule is CCCCOC(=O)c1ccc(NC(=O)COc2ccc(S(=O)(=O)N3CCCCC3)cc2)cc1. The van der Waals surface area contributed by atoms with E-state index in [1.807, 2.05) is 6.92 Å². The van der Waals surface area contributed by atoms with Gasteiger partial charge in [0.25, 0.3) is 5.91 Å². The Morgan fingerprint density at radius 2 is 1.64 bits per heavy atom. The smallest absolute Gasteiger partial charge is 0.338 e. The third-order valence-electron chi connectivity index (χ3n) is 5.28. The lowest BCUT2D eigenvalue weighted by atomic mass is 10.2. The summed E-state index contributed by atoms with van der Waals surface area (Å²) in [6, 6.07) is 12.5. The molecule has 0 radical (unpaired) electrons. The number of hydrogen-bond donors (Lipinski definition) is 1. The molecule has 0 aliphatic carbocycles. The Bertz CT molecular complexity index is 1030. The lowest BCUT2D eigenvalue weighted by Crippen LogP contribution is -2.35. The first kappa shape index (κ1) is 24.7. The molecule has 8 nitrogen and oxygen atoms in total. The molecule has 0 aromatic heterocycles. The molecule has 33 heavy (non-hydrogen) atoms. The maximum atomic E-state index is 12.7. The second kappa shape index (κ2) is 11.8. The van der Waals surface area contributed by atoms with Crippen molar-refractivity contribution in [2.24, 2.45) is 0 Å². The Morgan fingerprint density at radius 1 is 0.970 bits per heavy atom. The third-order valence-corrected chi connectivity index (χ3v) is 7.19. The van der Waals surface area contributed by atoms with Gasteiger partial charge >= 0.3 is 5.97 Å². The van der Waals surface area contributed by atoms with E-state index in [1.165, 1.54) is 16.4 Å². The summed E-state index contributed by atoms with van der Waals surface area (Å²) in [6.07, 6.45) is 4.57. The molecule has 1 amide bonds. The van der Waals surface area contributed by atoms with Crippen LogP contribution in [0.1, 0.15) is 49.4 Å². The molecular weight excluding hydrogens is 444 g/mol. The molecule has 178 valence electrons. The molecule has 1 fully saturated rings. The second-order valence-corrected chi connectivity index (χ2v) is 9.78. The monoisotopic (exact) mass is 474 g/mol. The van der Waals surface area contributed by atoms with E-state index in [4.69, 9.17) is 9.47 Å². The Kier molecular flexibility index (Phi) is 8.85. The van der Waals surface area contributed by atoms with Crippen molar-refractivity contribution in [3.8, 4) is 5.75 Å². The van der Waals surface area contributed by atoms with E-state index in [-0.39, 0.29) is 17.4 Å². The van der Waals surface area contributed by atoms with Crippen molar-refractivity contribution in [1.29, 1.82) is 0 Å². The highest BCUT2D eigenvalue weighted by Crippen LogP contribution is 2.22. The predicted molar refractivity (Wildman–Crippen MR) is 125 cm³/mol. The summed E-state index contributed by atoms with van der Waals surface area (Å²) >= 11 is 0. The number of hydrogen-bond acceptors (Lipinski definition) is 6. The molecule has 0 unspecified atom stereocenters. The van der Waals surface area contributed by atoms with E-state index in [2.05, 4.69) is 5.32 Å². The van der Waals surface area contributed by atoms with Crippen LogP contribution in [0.2, 0.25) is 0 Å². The van der Waals surface area contributed by atoms with Gasteiger partial charge in [0.2, 0.25) is 10.0 Å². The van der Waals surface area contributed by atoms with Crippen molar-refractivity contribution in [3.05, 3.63) is 54.1 Å². The van der Waals surface area contributed by atoms with Crippen molar-refractivity contribution in [2.45, 2.75) is 43.9 Å². The molecule has 1 saturated heterocycles. The number of esters is 1. The maximum absolute atomic E-state index is 12.7. The largest absolute Gasteiger partial charge is 0.484 e. The summed E-state index contributed by atoms with van der Waals surface area (Å²) in [5.74, 6) is -0.374. The average Bonchev–Trinajstić information content (AvgIpc) is 2.84. The molecule has 2 aromatic rings. The van der Waals surface area contributed by atoms with Crippen LogP contribution in [-0.2, 0) is 19.6 Å². The molecule has 2 aromatic carbocycles. The second-order valence-electron chi connectivity index (χ2n) is 7.84. The third kappa shape index (κ3) is 7.03. The topological polar surface area (TPSA) is 102 Å². The van der Waals surface area contributed by atoms with Crippen LogP contribution in [0.25, 0.3) is 0 Å². The van der Waals surface area contributed by atoms with E-state index in [9.17, 15) is 18.0 Å². The van der Waals surface area contributed by atoms with E-state index in [0.717, 1.165) is 32.1 Å². The summed E-state index contributed by atoms with van der Waals surface area (Å²) in [5, 5.41) is 2.69. The van der Waals surface area contributed by atoms with Crippen molar-refractivity contribution in [3.63, 3.8) is 0 Å². The highest BCUT2D eigenvalue weighted by molar-refractivity contribution is 7.89. The fourth-order valence-electron chi connectivity index (χ4n) is 3.39. The predicted octanol–water partition coefficient (Wildman–Crippen LogP) is 3.84. The minimum atomic E-state index is -3.50. The number of carbonyl (C=O) groups excluding carboxylic acids is 2. The number of ether oxygens (including phenoxy) is 2. The minimum absolute atomic E-state index is 0.217. The highest BCUT2D eigenvalue weighted by Gasteiger charge is 2.25. The van der Waals surface area contributed by atoms with Gasteiger partial charge in [-0.2, -0.15) is 4.31 Å². The highest BCUT2D eigenvalue weighted by atomic mass is 32.2. The van der Waals surface area contributed by atoms with Gasteiger partial charge in [0.15, 0.2) is 6.61 Å². The van der Waals surface area contributed by atoms with E-state index in [0.29, 0.717) is 36.7 Å². The zero-order chi connectivity index (χ0) is 23.7. The van der Waals surface area contributed by atoms with Gasteiger partial charge in [0.1, 0.15) is 5.75 Å². The molecule has 9 heteroatoms. The number of rotatable bonds is 10. The molecule has 0 saturated carbocycles. The van der Waals surface area contributed by atoms with Crippen LogP contribution in [0.4, 0.5) is 5.69 Å². The zero-order valence-corrected chi connectivity index (χ0v) is 19.6. The van der Waals surface area contributed by atoms with Gasteiger partial charge in [-0.25, -0.2) is 13.2 Å². The average molecular weight is 475 g/mol. The molecular formula is C24H30N2O6S. The van der Waals surface area contributed by atoms with Crippen molar-refractivity contribution in [2.75, 3.05) is 31.6 Å². The molecule has 0 atom stereocenters. The number of nitrogens with one attached hydrogen (secondary N) is 1. The van der Waals surface area contributed by atoms with Gasteiger partial charge in [0.05, 0.1) is 17.1 Å². The maximum Gasteiger partial charge on any atom is 0.338 e. The number of amides is 1. The zero-order valence-electron chi connectivity index (χ0n) is 18.8.